The molecule has 3 aliphatic rings. The smallest absolute Gasteiger partial charge is 0.00711 e. The third-order valence-corrected chi connectivity index (χ3v) is 5.38. The van der Waals surface area contributed by atoms with E-state index in [1.54, 1.807) is 11.1 Å². The van der Waals surface area contributed by atoms with Crippen LogP contribution in [0, 0.1) is 22.2 Å². The van der Waals surface area contributed by atoms with E-state index < -0.39 is 0 Å². The molecule has 1 saturated carbocycles. The van der Waals surface area contributed by atoms with Gasteiger partial charge in [-0.25, -0.2) is 0 Å². The van der Waals surface area contributed by atoms with E-state index in [-0.39, 0.29) is 0 Å². The van der Waals surface area contributed by atoms with Crippen LogP contribution in [0.25, 0.3) is 0 Å². The molecular formula is C16H24. The van der Waals surface area contributed by atoms with Crippen molar-refractivity contribution in [1.29, 1.82) is 0 Å². The first-order valence-electron chi connectivity index (χ1n) is 6.71. The monoisotopic (exact) mass is 216 g/mol. The Balaban J connectivity index is 2.16. The lowest BCUT2D eigenvalue weighted by Gasteiger charge is -2.45. The summed E-state index contributed by atoms with van der Waals surface area (Å²) < 4.78 is 0. The number of allylic oxidation sites excluding steroid dienone is 4. The van der Waals surface area contributed by atoms with Gasteiger partial charge in [0.25, 0.3) is 0 Å². The van der Waals surface area contributed by atoms with Crippen molar-refractivity contribution in [2.24, 2.45) is 22.2 Å². The molecule has 0 aromatic rings. The van der Waals surface area contributed by atoms with Crippen LogP contribution in [0.3, 0.4) is 0 Å². The van der Waals surface area contributed by atoms with Gasteiger partial charge in [0.15, 0.2) is 0 Å². The molecule has 0 radical (unpaired) electrons. The van der Waals surface area contributed by atoms with Gasteiger partial charge in [-0.3, -0.25) is 0 Å². The molecule has 0 amide bonds. The van der Waals surface area contributed by atoms with Crippen LogP contribution in [0.2, 0.25) is 0 Å². The van der Waals surface area contributed by atoms with Gasteiger partial charge >= 0.3 is 0 Å². The van der Waals surface area contributed by atoms with E-state index in [2.05, 4.69) is 46.8 Å². The SMILES string of the molecule is CC1(C)CCC(C)(C)C2=C1C=CC1(C)CC21. The highest BCUT2D eigenvalue weighted by molar-refractivity contribution is 5.48. The second-order valence-corrected chi connectivity index (χ2v) is 7.69. The minimum atomic E-state index is 0.408. The molecule has 3 rings (SSSR count). The topological polar surface area (TPSA) is 0 Å². The maximum Gasteiger partial charge on any atom is -0.00711 e. The second-order valence-electron chi connectivity index (χ2n) is 7.69. The summed E-state index contributed by atoms with van der Waals surface area (Å²) in [5, 5.41) is 0. The third kappa shape index (κ3) is 1.22. The van der Waals surface area contributed by atoms with Crippen LogP contribution in [-0.2, 0) is 0 Å². The molecular weight excluding hydrogens is 192 g/mol. The lowest BCUT2D eigenvalue weighted by Crippen LogP contribution is -2.33. The van der Waals surface area contributed by atoms with Crippen molar-refractivity contribution in [2.45, 2.75) is 53.9 Å². The van der Waals surface area contributed by atoms with Crippen molar-refractivity contribution in [3.8, 4) is 0 Å². The molecule has 3 aliphatic carbocycles. The summed E-state index contributed by atoms with van der Waals surface area (Å²) in [6.07, 6.45) is 9.03. The van der Waals surface area contributed by atoms with Crippen molar-refractivity contribution in [3.05, 3.63) is 23.3 Å². The second kappa shape index (κ2) is 2.66. The molecule has 0 aromatic heterocycles. The Morgan fingerprint density at radius 1 is 1.00 bits per heavy atom. The first-order valence-corrected chi connectivity index (χ1v) is 6.71. The molecule has 0 saturated heterocycles. The molecule has 2 atom stereocenters. The minimum absolute atomic E-state index is 0.408. The Morgan fingerprint density at radius 2 is 1.62 bits per heavy atom. The zero-order chi connectivity index (χ0) is 11.8. The fourth-order valence-corrected chi connectivity index (χ4v) is 3.87. The summed E-state index contributed by atoms with van der Waals surface area (Å²) in [5.74, 6) is 0.863. The van der Waals surface area contributed by atoms with E-state index in [9.17, 15) is 0 Å². The average molecular weight is 216 g/mol. The summed E-state index contributed by atoms with van der Waals surface area (Å²) in [7, 11) is 0. The normalized spacial score (nSPS) is 42.7. The van der Waals surface area contributed by atoms with Crippen molar-refractivity contribution in [1.82, 2.24) is 0 Å². The van der Waals surface area contributed by atoms with Gasteiger partial charge < -0.3 is 0 Å². The lowest BCUT2D eigenvalue weighted by atomic mass is 9.60. The molecule has 1 fully saturated rings. The molecule has 88 valence electrons. The Morgan fingerprint density at radius 3 is 2.31 bits per heavy atom. The van der Waals surface area contributed by atoms with Crippen molar-refractivity contribution in [3.63, 3.8) is 0 Å². The van der Waals surface area contributed by atoms with E-state index >= 15 is 0 Å². The zero-order valence-corrected chi connectivity index (χ0v) is 11.4. The molecule has 0 spiro atoms. The molecule has 0 N–H and O–H groups in total. The third-order valence-electron chi connectivity index (χ3n) is 5.38. The highest BCUT2D eigenvalue weighted by Crippen LogP contribution is 2.67. The maximum absolute atomic E-state index is 2.49. The predicted molar refractivity (Wildman–Crippen MR) is 69.2 cm³/mol. The summed E-state index contributed by atoms with van der Waals surface area (Å²) in [5.41, 5.74) is 4.84. The van der Waals surface area contributed by atoms with Crippen LogP contribution in [-0.4, -0.2) is 0 Å². The molecule has 16 heavy (non-hydrogen) atoms. The Bertz CT molecular complexity index is 406. The predicted octanol–water partition coefficient (Wildman–Crippen LogP) is 4.73. The largest absolute Gasteiger partial charge is 0.0777 e. The summed E-state index contributed by atoms with van der Waals surface area (Å²) in [6, 6.07) is 0. The van der Waals surface area contributed by atoms with E-state index in [1.807, 2.05) is 0 Å². The number of hydrogen-bond acceptors (Lipinski definition) is 0. The van der Waals surface area contributed by atoms with Gasteiger partial charge in [0, 0.05) is 0 Å². The fourth-order valence-electron chi connectivity index (χ4n) is 3.87. The molecule has 0 bridgehead atoms. The van der Waals surface area contributed by atoms with Gasteiger partial charge in [0.05, 0.1) is 0 Å². The van der Waals surface area contributed by atoms with Crippen molar-refractivity contribution in [2.75, 3.05) is 0 Å². The van der Waals surface area contributed by atoms with Gasteiger partial charge in [-0.2, -0.15) is 0 Å². The Kier molecular flexibility index (Phi) is 1.76. The van der Waals surface area contributed by atoms with Crippen LogP contribution in [0.4, 0.5) is 0 Å². The van der Waals surface area contributed by atoms with Gasteiger partial charge in [-0.05, 0) is 47.0 Å². The Hall–Kier alpha value is -0.520. The first kappa shape index (κ1) is 10.6. The average Bonchev–Trinajstić information content (AvgIpc) is 2.83. The number of rotatable bonds is 0. The summed E-state index contributed by atoms with van der Waals surface area (Å²) >= 11 is 0. The van der Waals surface area contributed by atoms with Crippen LogP contribution in [0.15, 0.2) is 23.3 Å². The standard InChI is InChI=1S/C16H24/c1-14(2)8-9-15(3,4)13-11(14)6-7-16(5)10-12(13)16/h6-7,12H,8-10H2,1-5H3. The van der Waals surface area contributed by atoms with Crippen LogP contribution in [0.1, 0.15) is 53.9 Å². The fraction of sp³-hybridized carbons (Fsp3) is 0.750. The van der Waals surface area contributed by atoms with Gasteiger partial charge in [-0.15, -0.1) is 0 Å². The highest BCUT2D eigenvalue weighted by atomic mass is 14.6. The molecule has 0 aromatic carbocycles. The zero-order valence-electron chi connectivity index (χ0n) is 11.4. The molecule has 0 heterocycles. The number of hydrogen-bond donors (Lipinski definition) is 0. The van der Waals surface area contributed by atoms with E-state index in [0.717, 1.165) is 5.92 Å². The number of fused-ring (bicyclic) bond motifs is 2. The van der Waals surface area contributed by atoms with Gasteiger partial charge in [0.1, 0.15) is 0 Å². The molecule has 0 nitrogen and oxygen atoms in total. The van der Waals surface area contributed by atoms with Crippen molar-refractivity contribution < 1.29 is 0 Å². The molecule has 0 aliphatic heterocycles. The summed E-state index contributed by atoms with van der Waals surface area (Å²) in [6.45, 7) is 12.2. The van der Waals surface area contributed by atoms with Crippen LogP contribution in [0.5, 0.6) is 0 Å². The highest BCUT2D eigenvalue weighted by Gasteiger charge is 2.57. The lowest BCUT2D eigenvalue weighted by molar-refractivity contribution is 0.250. The van der Waals surface area contributed by atoms with Gasteiger partial charge in [-0.1, -0.05) is 52.3 Å². The van der Waals surface area contributed by atoms with Crippen molar-refractivity contribution >= 4 is 0 Å². The van der Waals surface area contributed by atoms with E-state index in [4.69, 9.17) is 0 Å². The summed E-state index contributed by atoms with van der Waals surface area (Å²) in [4.78, 5) is 0. The van der Waals surface area contributed by atoms with E-state index in [1.165, 1.54) is 19.3 Å². The van der Waals surface area contributed by atoms with Gasteiger partial charge in [0.2, 0.25) is 0 Å². The minimum Gasteiger partial charge on any atom is -0.0777 e. The first-order chi connectivity index (χ1) is 7.26. The van der Waals surface area contributed by atoms with Crippen LogP contribution < -0.4 is 0 Å². The quantitative estimate of drug-likeness (QED) is 0.549. The van der Waals surface area contributed by atoms with Crippen LogP contribution >= 0.6 is 0 Å². The van der Waals surface area contributed by atoms with E-state index in [0.29, 0.717) is 16.2 Å². The maximum atomic E-state index is 2.49. The molecule has 0 heteroatoms. The Labute approximate surface area is 99.8 Å². The molecule has 2 unspecified atom stereocenters.